The summed E-state index contributed by atoms with van der Waals surface area (Å²) in [5, 5.41) is 0. The lowest BCUT2D eigenvalue weighted by atomic mass is 9.47. The van der Waals surface area contributed by atoms with Crippen LogP contribution in [0.4, 0.5) is 13.2 Å². The molecule has 3 saturated carbocycles. The van der Waals surface area contributed by atoms with E-state index in [9.17, 15) is 13.2 Å². The Morgan fingerprint density at radius 1 is 1.00 bits per heavy atom. The molecule has 0 heterocycles. The molecular weight excluding hydrogens is 651 g/mol. The molecular formula is C39H58F3NO5S. The van der Waals surface area contributed by atoms with E-state index in [-0.39, 0.29) is 24.9 Å². The first-order valence-electron chi connectivity index (χ1n) is 18.6. The third-order valence-corrected chi connectivity index (χ3v) is 14.6. The van der Waals surface area contributed by atoms with Crippen molar-refractivity contribution in [3.63, 3.8) is 0 Å². The van der Waals surface area contributed by atoms with Gasteiger partial charge in [-0.2, -0.15) is 17.9 Å². The number of carbonyl (C=O) groups excluding carboxylic acids is 1. The smallest absolute Gasteiger partial charge is 0.443 e. The largest absolute Gasteiger partial charge is 0.463 e. The van der Waals surface area contributed by atoms with E-state index < -0.39 is 38.9 Å². The first kappa shape index (κ1) is 38.3. The van der Waals surface area contributed by atoms with Crippen LogP contribution in [-0.2, 0) is 24.3 Å². The number of alkyl halides is 3. The van der Waals surface area contributed by atoms with Crippen LogP contribution >= 0.6 is 0 Å². The standard InChI is InChI=1S/C39H58F3NO5S/c1-8-47-35(44)38(39(40,41)42,43-49(45,46)30-15-12-26(4)13-16-30)48-29-20-22-36(6)28(24-29)14-17-31-33-19-18-32(27(5)11-9-10-25(2)3)37(33,7)23-21-34(31)36/h12-16,25,27,29,31-34,43H,8-11,17-24H2,1-7H3/t27-,29+,31+,32-,33+,34+,36+,37-,38+/m1/s1. The highest BCUT2D eigenvalue weighted by atomic mass is 32.2. The van der Waals surface area contributed by atoms with Gasteiger partial charge in [-0.15, -0.1) is 0 Å². The third-order valence-electron chi connectivity index (χ3n) is 13.2. The van der Waals surface area contributed by atoms with Crippen LogP contribution in [-0.4, -0.2) is 39.0 Å². The number of carbonyl (C=O) groups is 1. The summed E-state index contributed by atoms with van der Waals surface area (Å²) in [6.45, 7) is 14.6. The van der Waals surface area contributed by atoms with Gasteiger partial charge in [0.1, 0.15) is 0 Å². The molecule has 0 saturated heterocycles. The van der Waals surface area contributed by atoms with E-state index >= 15 is 13.2 Å². The van der Waals surface area contributed by atoms with Crippen LogP contribution < -0.4 is 4.72 Å². The van der Waals surface area contributed by atoms with E-state index in [2.05, 4.69) is 40.7 Å². The van der Waals surface area contributed by atoms with Gasteiger partial charge in [-0.05, 0) is 124 Å². The molecule has 1 N–H and O–H groups in total. The number of fused-ring (bicyclic) bond motifs is 5. The quantitative estimate of drug-likeness (QED) is 0.133. The van der Waals surface area contributed by atoms with Crippen LogP contribution in [0.15, 0.2) is 40.8 Å². The third kappa shape index (κ3) is 7.26. The van der Waals surface area contributed by atoms with E-state index in [0.717, 1.165) is 35.8 Å². The molecule has 1 aromatic carbocycles. The molecule has 49 heavy (non-hydrogen) atoms. The second-order valence-corrected chi connectivity index (χ2v) is 18.3. The molecule has 0 unspecified atom stereocenters. The molecule has 3 fully saturated rings. The Bertz CT molecular complexity index is 1480. The number of esters is 1. The highest BCUT2D eigenvalue weighted by Gasteiger charge is 2.67. The second-order valence-electron chi connectivity index (χ2n) is 16.6. The van der Waals surface area contributed by atoms with Crippen molar-refractivity contribution < 1.29 is 35.9 Å². The van der Waals surface area contributed by atoms with Gasteiger partial charge in [0.05, 0.1) is 17.6 Å². The van der Waals surface area contributed by atoms with Crippen molar-refractivity contribution in [1.82, 2.24) is 4.72 Å². The molecule has 0 spiro atoms. The molecule has 1 aromatic rings. The second kappa shape index (κ2) is 14.3. The van der Waals surface area contributed by atoms with Gasteiger partial charge < -0.3 is 9.47 Å². The summed E-state index contributed by atoms with van der Waals surface area (Å²) in [4.78, 5) is 12.8. The number of sulfonamides is 1. The fraction of sp³-hybridized carbons (Fsp3) is 0.769. The molecule has 0 aliphatic heterocycles. The lowest BCUT2D eigenvalue weighted by Crippen LogP contribution is -2.67. The Morgan fingerprint density at radius 2 is 1.69 bits per heavy atom. The monoisotopic (exact) mass is 709 g/mol. The van der Waals surface area contributed by atoms with Gasteiger partial charge in [0.2, 0.25) is 10.0 Å². The number of nitrogens with one attached hydrogen (secondary N) is 1. The van der Waals surface area contributed by atoms with Crippen LogP contribution in [0.2, 0.25) is 0 Å². The van der Waals surface area contributed by atoms with Crippen molar-refractivity contribution in [1.29, 1.82) is 0 Å². The number of halogens is 3. The summed E-state index contributed by atoms with van der Waals surface area (Å²) in [6.07, 6.45) is 6.46. The Hall–Kier alpha value is -1.91. The molecule has 0 amide bonds. The minimum atomic E-state index is -5.43. The fourth-order valence-corrected chi connectivity index (χ4v) is 11.8. The summed E-state index contributed by atoms with van der Waals surface area (Å²) in [5.74, 6) is 1.99. The Morgan fingerprint density at radius 3 is 2.33 bits per heavy atom. The van der Waals surface area contributed by atoms with Crippen molar-refractivity contribution in [3.8, 4) is 0 Å². The van der Waals surface area contributed by atoms with Gasteiger partial charge in [-0.25, -0.2) is 13.2 Å². The maximum atomic E-state index is 15.0. The van der Waals surface area contributed by atoms with Gasteiger partial charge in [-0.3, -0.25) is 0 Å². The van der Waals surface area contributed by atoms with Crippen LogP contribution in [0.25, 0.3) is 0 Å². The van der Waals surface area contributed by atoms with Crippen LogP contribution in [0.5, 0.6) is 0 Å². The van der Waals surface area contributed by atoms with Crippen molar-refractivity contribution in [2.24, 2.45) is 46.3 Å². The minimum Gasteiger partial charge on any atom is -0.463 e. The van der Waals surface area contributed by atoms with E-state index in [1.54, 1.807) is 11.6 Å². The molecule has 0 bridgehead atoms. The molecule has 4 aliphatic carbocycles. The molecule has 10 heteroatoms. The zero-order valence-corrected chi connectivity index (χ0v) is 31.3. The van der Waals surface area contributed by atoms with Crippen molar-refractivity contribution >= 4 is 16.0 Å². The number of hydrogen-bond acceptors (Lipinski definition) is 5. The van der Waals surface area contributed by atoms with E-state index in [0.29, 0.717) is 35.5 Å². The number of rotatable bonds is 12. The average molecular weight is 710 g/mol. The summed E-state index contributed by atoms with van der Waals surface area (Å²) in [7, 11) is -4.83. The first-order chi connectivity index (χ1) is 22.9. The zero-order chi connectivity index (χ0) is 36.0. The average Bonchev–Trinajstić information content (AvgIpc) is 3.37. The van der Waals surface area contributed by atoms with Crippen molar-refractivity contribution in [2.75, 3.05) is 6.61 Å². The van der Waals surface area contributed by atoms with Gasteiger partial charge in [0.25, 0.3) is 0 Å². The van der Waals surface area contributed by atoms with Crippen molar-refractivity contribution in [3.05, 3.63) is 41.5 Å². The van der Waals surface area contributed by atoms with Gasteiger partial charge >= 0.3 is 17.9 Å². The van der Waals surface area contributed by atoms with Gasteiger partial charge in [-0.1, -0.05) is 83.2 Å². The molecule has 276 valence electrons. The predicted molar refractivity (Wildman–Crippen MR) is 185 cm³/mol. The molecule has 4 aliphatic rings. The fourth-order valence-electron chi connectivity index (χ4n) is 10.6. The lowest BCUT2D eigenvalue weighted by Gasteiger charge is -2.58. The first-order valence-corrected chi connectivity index (χ1v) is 20.1. The maximum Gasteiger partial charge on any atom is 0.443 e. The van der Waals surface area contributed by atoms with E-state index in [4.69, 9.17) is 9.47 Å². The normalized spacial score (nSPS) is 33.5. The van der Waals surface area contributed by atoms with Crippen LogP contribution in [0.1, 0.15) is 118 Å². The summed E-state index contributed by atoms with van der Waals surface area (Å²) < 4.78 is 84.0. The maximum absolute atomic E-state index is 15.0. The number of allylic oxidation sites excluding steroid dienone is 1. The molecule has 0 aromatic heterocycles. The van der Waals surface area contributed by atoms with E-state index in [1.807, 2.05) is 0 Å². The number of ether oxygens (including phenoxy) is 2. The SMILES string of the molecule is CCOC(=O)[C@](NS(=O)(=O)c1ccc(C)cc1)(O[C@H]1CC[C@@]2(C)C(=CC[C@H]3[C@@H]4CC[C@H]([C@H](C)CCCC(C)C)[C@@]4(C)CC[C@@H]32)C1)C(F)(F)F. The zero-order valence-electron chi connectivity index (χ0n) is 30.5. The number of benzene rings is 1. The Balaban J connectivity index is 1.37. The van der Waals surface area contributed by atoms with Gasteiger partial charge in [0.15, 0.2) is 0 Å². The summed E-state index contributed by atoms with van der Waals surface area (Å²) in [6, 6.07) is 5.37. The lowest BCUT2D eigenvalue weighted by molar-refractivity contribution is -0.295. The molecule has 9 atom stereocenters. The van der Waals surface area contributed by atoms with Crippen LogP contribution in [0, 0.1) is 53.3 Å². The predicted octanol–water partition coefficient (Wildman–Crippen LogP) is 9.52. The van der Waals surface area contributed by atoms with Crippen molar-refractivity contribution in [2.45, 2.75) is 142 Å². The Kier molecular flexibility index (Phi) is 11.1. The molecule has 5 rings (SSSR count). The van der Waals surface area contributed by atoms with Crippen LogP contribution in [0.3, 0.4) is 0 Å². The topological polar surface area (TPSA) is 81.7 Å². The van der Waals surface area contributed by atoms with Gasteiger partial charge in [0, 0.05) is 0 Å². The Labute approximate surface area is 292 Å². The van der Waals surface area contributed by atoms with E-state index in [1.165, 1.54) is 69.7 Å². The molecule has 0 radical (unpaired) electrons. The minimum absolute atomic E-state index is 0.169. The summed E-state index contributed by atoms with van der Waals surface area (Å²) >= 11 is 0. The highest BCUT2D eigenvalue weighted by molar-refractivity contribution is 7.89. The summed E-state index contributed by atoms with van der Waals surface area (Å²) in [5.41, 5.74) is -1.93. The molecule has 6 nitrogen and oxygen atoms in total. The number of hydrogen-bond donors (Lipinski definition) is 1. The highest BCUT2D eigenvalue weighted by Crippen LogP contribution is 2.67. The number of aryl methyl sites for hydroxylation is 1.